The lowest BCUT2D eigenvalue weighted by molar-refractivity contribution is 0.530. The summed E-state index contributed by atoms with van der Waals surface area (Å²) in [6.45, 7) is 9.98. The highest BCUT2D eigenvalue weighted by atomic mass is 32.1. The average molecular weight is 267 g/mol. The van der Waals surface area contributed by atoms with Crippen molar-refractivity contribution in [1.82, 2.24) is 10.3 Å². The zero-order valence-electron chi connectivity index (χ0n) is 11.8. The molecule has 0 spiro atoms. The lowest BCUT2D eigenvalue weighted by atomic mass is 10.0. The van der Waals surface area contributed by atoms with Gasteiger partial charge < -0.3 is 10.2 Å². The molecular weight excluding hydrogens is 242 g/mol. The fourth-order valence-corrected chi connectivity index (χ4v) is 3.38. The van der Waals surface area contributed by atoms with Gasteiger partial charge in [0.2, 0.25) is 0 Å². The number of nitrogens with one attached hydrogen (secondary N) is 1. The molecule has 4 heteroatoms. The van der Waals surface area contributed by atoms with E-state index in [0.717, 1.165) is 12.5 Å². The second-order valence-corrected chi connectivity index (χ2v) is 6.63. The zero-order chi connectivity index (χ0) is 13.0. The monoisotopic (exact) mass is 267 g/mol. The Morgan fingerprint density at radius 3 is 3.11 bits per heavy atom. The summed E-state index contributed by atoms with van der Waals surface area (Å²) in [5, 5.41) is 4.66. The van der Waals surface area contributed by atoms with E-state index in [1.165, 1.54) is 42.4 Å². The van der Waals surface area contributed by atoms with Crippen LogP contribution >= 0.6 is 11.3 Å². The van der Waals surface area contributed by atoms with Crippen LogP contribution in [-0.2, 0) is 6.54 Å². The third kappa shape index (κ3) is 3.69. The number of thiazole rings is 1. The molecule has 1 aliphatic heterocycles. The minimum atomic E-state index is 0.538. The number of aromatic nitrogens is 1. The quantitative estimate of drug-likeness (QED) is 0.857. The molecule has 102 valence electrons. The van der Waals surface area contributed by atoms with Crippen LogP contribution in [0, 0.1) is 5.92 Å². The van der Waals surface area contributed by atoms with Crippen LogP contribution < -0.4 is 10.2 Å². The van der Waals surface area contributed by atoms with Crippen molar-refractivity contribution in [1.29, 1.82) is 0 Å². The second-order valence-electron chi connectivity index (χ2n) is 5.53. The van der Waals surface area contributed by atoms with Crippen LogP contribution in [-0.4, -0.2) is 24.1 Å². The molecule has 1 saturated heterocycles. The van der Waals surface area contributed by atoms with Gasteiger partial charge in [0.1, 0.15) is 0 Å². The second kappa shape index (κ2) is 6.53. The Labute approximate surface area is 115 Å². The van der Waals surface area contributed by atoms with Crippen molar-refractivity contribution in [3.8, 4) is 0 Å². The molecule has 2 rings (SSSR count). The number of hydrogen-bond acceptors (Lipinski definition) is 4. The van der Waals surface area contributed by atoms with Crippen LogP contribution in [0.2, 0.25) is 0 Å². The molecule has 0 amide bonds. The van der Waals surface area contributed by atoms with E-state index in [1.807, 2.05) is 17.5 Å². The first-order valence-corrected chi connectivity index (χ1v) is 7.93. The smallest absolute Gasteiger partial charge is 0.185 e. The van der Waals surface area contributed by atoms with E-state index in [-0.39, 0.29) is 0 Å². The number of nitrogens with zero attached hydrogens (tertiary/aromatic N) is 2. The predicted octanol–water partition coefficient (Wildman–Crippen LogP) is 3.27. The van der Waals surface area contributed by atoms with E-state index in [9.17, 15) is 0 Å². The third-order valence-electron chi connectivity index (χ3n) is 3.48. The van der Waals surface area contributed by atoms with E-state index in [0.29, 0.717) is 6.04 Å². The molecular formula is C14H25N3S. The third-order valence-corrected chi connectivity index (χ3v) is 4.54. The van der Waals surface area contributed by atoms with Gasteiger partial charge in [0.25, 0.3) is 0 Å². The average Bonchev–Trinajstić information content (AvgIpc) is 2.94. The molecule has 0 aliphatic carbocycles. The summed E-state index contributed by atoms with van der Waals surface area (Å²) >= 11 is 1.84. The molecule has 2 heterocycles. The van der Waals surface area contributed by atoms with Gasteiger partial charge in [-0.3, -0.25) is 0 Å². The maximum absolute atomic E-state index is 4.58. The lowest BCUT2D eigenvalue weighted by Crippen LogP contribution is -2.21. The Balaban J connectivity index is 1.86. The summed E-state index contributed by atoms with van der Waals surface area (Å²) in [6, 6.07) is 0.538. The van der Waals surface area contributed by atoms with Crippen molar-refractivity contribution in [3.63, 3.8) is 0 Å². The zero-order valence-corrected chi connectivity index (χ0v) is 12.6. The van der Waals surface area contributed by atoms with Gasteiger partial charge in [0.15, 0.2) is 5.13 Å². The number of hydrogen-bond donors (Lipinski definition) is 1. The Hall–Kier alpha value is -0.610. The van der Waals surface area contributed by atoms with Crippen molar-refractivity contribution in [2.24, 2.45) is 5.92 Å². The highest BCUT2D eigenvalue weighted by Crippen LogP contribution is 2.29. The molecule has 0 saturated carbocycles. The van der Waals surface area contributed by atoms with E-state index in [4.69, 9.17) is 0 Å². The van der Waals surface area contributed by atoms with Crippen molar-refractivity contribution >= 4 is 16.5 Å². The number of anilines is 1. The van der Waals surface area contributed by atoms with Gasteiger partial charge >= 0.3 is 0 Å². The molecule has 1 atom stereocenters. The molecule has 1 aromatic heterocycles. The van der Waals surface area contributed by atoms with Crippen molar-refractivity contribution in [2.45, 2.75) is 52.6 Å². The molecule has 1 unspecified atom stereocenters. The summed E-state index contributed by atoms with van der Waals surface area (Å²) in [4.78, 5) is 8.38. The van der Waals surface area contributed by atoms with E-state index < -0.39 is 0 Å². The molecule has 0 aromatic carbocycles. The van der Waals surface area contributed by atoms with Gasteiger partial charge in [-0.1, -0.05) is 27.2 Å². The minimum absolute atomic E-state index is 0.538. The van der Waals surface area contributed by atoms with Crippen molar-refractivity contribution in [2.75, 3.05) is 18.0 Å². The standard InChI is InChI=1S/C14H25N3S/c1-4-5-12-6-7-17(10-12)14-16-9-13(18-14)8-15-11(2)3/h9,11-12,15H,4-8,10H2,1-3H3. The lowest BCUT2D eigenvalue weighted by Gasteiger charge is -2.14. The maximum Gasteiger partial charge on any atom is 0.185 e. The predicted molar refractivity (Wildman–Crippen MR) is 79.3 cm³/mol. The molecule has 3 nitrogen and oxygen atoms in total. The maximum atomic E-state index is 4.58. The molecule has 1 aliphatic rings. The highest BCUT2D eigenvalue weighted by Gasteiger charge is 2.23. The SMILES string of the molecule is CCCC1CCN(c2ncc(CNC(C)C)s2)C1. The molecule has 1 fully saturated rings. The molecule has 1 aromatic rings. The van der Waals surface area contributed by atoms with Crippen LogP contribution in [0.1, 0.15) is 44.9 Å². The first kappa shape index (κ1) is 13.8. The van der Waals surface area contributed by atoms with Gasteiger partial charge in [-0.15, -0.1) is 11.3 Å². The Bertz CT molecular complexity index is 362. The van der Waals surface area contributed by atoms with Crippen molar-refractivity contribution < 1.29 is 0 Å². The Morgan fingerprint density at radius 1 is 1.56 bits per heavy atom. The largest absolute Gasteiger partial charge is 0.348 e. The van der Waals surface area contributed by atoms with Crippen molar-refractivity contribution in [3.05, 3.63) is 11.1 Å². The van der Waals surface area contributed by atoms with Crippen LogP contribution in [0.3, 0.4) is 0 Å². The van der Waals surface area contributed by atoms with Gasteiger partial charge in [-0.2, -0.15) is 0 Å². The van der Waals surface area contributed by atoms with Gasteiger partial charge in [-0.05, 0) is 18.8 Å². The fraction of sp³-hybridized carbons (Fsp3) is 0.786. The topological polar surface area (TPSA) is 28.2 Å². The summed E-state index contributed by atoms with van der Waals surface area (Å²) < 4.78 is 0. The summed E-state index contributed by atoms with van der Waals surface area (Å²) in [5.74, 6) is 0.885. The van der Waals surface area contributed by atoms with Crippen LogP contribution in [0.5, 0.6) is 0 Å². The number of rotatable bonds is 6. The fourth-order valence-electron chi connectivity index (χ4n) is 2.48. The molecule has 18 heavy (non-hydrogen) atoms. The van der Waals surface area contributed by atoms with E-state index in [1.54, 1.807) is 0 Å². The van der Waals surface area contributed by atoms with Gasteiger partial charge in [-0.25, -0.2) is 4.98 Å². The Morgan fingerprint density at radius 2 is 2.39 bits per heavy atom. The van der Waals surface area contributed by atoms with Gasteiger partial charge in [0.05, 0.1) is 0 Å². The normalized spacial score (nSPS) is 20.0. The summed E-state index contributed by atoms with van der Waals surface area (Å²) in [5.41, 5.74) is 0. The molecule has 1 N–H and O–H groups in total. The molecule has 0 bridgehead atoms. The van der Waals surface area contributed by atoms with Crippen LogP contribution in [0.4, 0.5) is 5.13 Å². The minimum Gasteiger partial charge on any atom is -0.348 e. The highest BCUT2D eigenvalue weighted by molar-refractivity contribution is 7.15. The Kier molecular flexibility index (Phi) is 5.01. The van der Waals surface area contributed by atoms with Crippen LogP contribution in [0.15, 0.2) is 6.20 Å². The van der Waals surface area contributed by atoms with Crippen LogP contribution in [0.25, 0.3) is 0 Å². The molecule has 0 radical (unpaired) electrons. The van der Waals surface area contributed by atoms with E-state index in [2.05, 4.69) is 36.0 Å². The summed E-state index contributed by atoms with van der Waals surface area (Å²) in [7, 11) is 0. The summed E-state index contributed by atoms with van der Waals surface area (Å²) in [6.07, 6.45) is 6.04. The van der Waals surface area contributed by atoms with E-state index >= 15 is 0 Å². The first-order chi connectivity index (χ1) is 8.69. The van der Waals surface area contributed by atoms with Gasteiger partial charge in [0, 0.05) is 36.8 Å². The first-order valence-electron chi connectivity index (χ1n) is 7.12.